The first-order valence-electron chi connectivity index (χ1n) is 15.1. The molecule has 1 N–H and O–H groups in total. The van der Waals surface area contributed by atoms with Gasteiger partial charge in [-0.3, -0.25) is 9.67 Å². The molecule has 1 amide bonds. The van der Waals surface area contributed by atoms with Crippen molar-refractivity contribution < 1.29 is 23.8 Å². The van der Waals surface area contributed by atoms with Crippen LogP contribution in [0, 0.1) is 13.8 Å². The third-order valence-corrected chi connectivity index (χ3v) is 9.99. The summed E-state index contributed by atoms with van der Waals surface area (Å²) < 4.78 is 30.9. The Labute approximate surface area is 261 Å². The second kappa shape index (κ2) is 12.2. The molecule has 0 bridgehead atoms. The number of fused-ring (bicyclic) bond motifs is 2. The highest BCUT2D eigenvalue weighted by Crippen LogP contribution is 2.33. The van der Waals surface area contributed by atoms with Crippen LogP contribution in [0.4, 0.5) is 9.18 Å². The van der Waals surface area contributed by atoms with Crippen LogP contribution in [0.5, 0.6) is 11.5 Å². The monoisotopic (exact) mass is 631 g/mol. The third-order valence-electron chi connectivity index (χ3n) is 8.29. The number of hydrogen-bond donors (Lipinski definition) is 1. The van der Waals surface area contributed by atoms with Crippen molar-refractivity contribution in [2.24, 2.45) is 0 Å². The Morgan fingerprint density at radius 1 is 1.11 bits per heavy atom. The third kappa shape index (κ3) is 6.54. The summed E-state index contributed by atoms with van der Waals surface area (Å²) in [6, 6.07) is 10.2. The zero-order valence-electron chi connectivity index (χ0n) is 26.2. The van der Waals surface area contributed by atoms with Crippen LogP contribution in [0.1, 0.15) is 23.9 Å². The molecular formula is C32H38FN7O4Si. The predicted octanol–water partition coefficient (Wildman–Crippen LogP) is 6.83. The van der Waals surface area contributed by atoms with E-state index in [0.717, 1.165) is 45.5 Å². The van der Waals surface area contributed by atoms with Gasteiger partial charge in [-0.25, -0.2) is 19.2 Å². The topological polar surface area (TPSA) is 120 Å². The number of imidazole rings is 1. The van der Waals surface area contributed by atoms with Gasteiger partial charge in [-0.15, -0.1) is 0 Å². The second-order valence-electron chi connectivity index (χ2n) is 12.8. The average molecular weight is 632 g/mol. The Morgan fingerprint density at radius 2 is 1.91 bits per heavy atom. The Morgan fingerprint density at radius 3 is 2.67 bits per heavy atom. The summed E-state index contributed by atoms with van der Waals surface area (Å²) in [4.78, 5) is 26.5. The molecule has 5 aromatic rings. The van der Waals surface area contributed by atoms with Gasteiger partial charge in [-0.05, 0) is 50.6 Å². The molecule has 6 rings (SSSR count). The van der Waals surface area contributed by atoms with Crippen LogP contribution >= 0.6 is 0 Å². The molecule has 0 unspecified atom stereocenters. The van der Waals surface area contributed by atoms with Gasteiger partial charge in [0.15, 0.2) is 0 Å². The highest BCUT2D eigenvalue weighted by Gasteiger charge is 2.33. The van der Waals surface area contributed by atoms with Crippen LogP contribution < -0.4 is 4.74 Å². The molecule has 2 atom stereocenters. The minimum absolute atomic E-state index is 0.172. The number of nitrogens with zero attached hydrogens (tertiary/aromatic N) is 7. The van der Waals surface area contributed by atoms with Crippen molar-refractivity contribution in [3.63, 3.8) is 0 Å². The maximum Gasteiger partial charge on any atom is 0.407 e. The number of carbonyl (C=O) groups is 1. The molecule has 0 spiro atoms. The maximum atomic E-state index is 14.8. The molecule has 1 fully saturated rings. The standard InChI is InChI=1S/C32H38FN7O4Si/c1-20-30(44-23-6-7-25-29(14-23)39(21(2)36-25)19-43-12-13-45(3,4)5)9-8-26-31(20)37-27(16-34-26)22-15-35-40(17-22)28-10-11-38(32(41)42)18-24(28)33/h6-9,14-17,24,28H,10-13,18-19H2,1-5H3,(H,41,42)/t24-,28-/m0/s1. The van der Waals surface area contributed by atoms with Crippen LogP contribution in [0.25, 0.3) is 33.3 Å². The number of hydrogen-bond acceptors (Lipinski definition) is 7. The van der Waals surface area contributed by atoms with E-state index in [2.05, 4.69) is 34.3 Å². The van der Waals surface area contributed by atoms with Gasteiger partial charge in [0.1, 0.15) is 30.2 Å². The first kappa shape index (κ1) is 30.7. The summed E-state index contributed by atoms with van der Waals surface area (Å²) >= 11 is 0. The highest BCUT2D eigenvalue weighted by atomic mass is 28.3. The molecule has 11 nitrogen and oxygen atoms in total. The quantitative estimate of drug-likeness (QED) is 0.139. The van der Waals surface area contributed by atoms with Gasteiger partial charge in [0.05, 0.1) is 52.7 Å². The van der Waals surface area contributed by atoms with Crippen molar-refractivity contribution in [3.8, 4) is 22.8 Å². The lowest BCUT2D eigenvalue weighted by Gasteiger charge is -2.32. The molecule has 2 aromatic carbocycles. The normalized spacial score (nSPS) is 17.3. The first-order valence-corrected chi connectivity index (χ1v) is 18.8. The molecule has 4 heterocycles. The fraction of sp³-hybridized carbons (Fsp3) is 0.406. The summed E-state index contributed by atoms with van der Waals surface area (Å²) in [5.41, 5.74) is 5.37. The van der Waals surface area contributed by atoms with Crippen LogP contribution in [-0.2, 0) is 11.5 Å². The van der Waals surface area contributed by atoms with Crippen LogP contribution in [0.15, 0.2) is 48.9 Å². The molecule has 13 heteroatoms. The number of alkyl halides is 1. The fourth-order valence-electron chi connectivity index (χ4n) is 5.57. The van der Waals surface area contributed by atoms with E-state index in [1.165, 1.54) is 0 Å². The highest BCUT2D eigenvalue weighted by molar-refractivity contribution is 6.76. The number of aromatic nitrogens is 6. The zero-order chi connectivity index (χ0) is 31.9. The number of benzene rings is 2. The van der Waals surface area contributed by atoms with Crippen molar-refractivity contribution in [2.45, 2.75) is 64.9 Å². The molecule has 1 aliphatic rings. The summed E-state index contributed by atoms with van der Waals surface area (Å²) in [5, 5.41) is 13.6. The van der Waals surface area contributed by atoms with E-state index >= 15 is 0 Å². The zero-order valence-corrected chi connectivity index (χ0v) is 27.2. The van der Waals surface area contributed by atoms with Gasteiger partial charge < -0.3 is 24.0 Å². The number of likely N-dealkylation sites (tertiary alicyclic amines) is 1. The van der Waals surface area contributed by atoms with Crippen molar-refractivity contribution in [1.82, 2.24) is 34.2 Å². The maximum absolute atomic E-state index is 14.8. The van der Waals surface area contributed by atoms with Gasteiger partial charge in [-0.2, -0.15) is 5.10 Å². The Bertz CT molecular complexity index is 1870. The Hall–Kier alpha value is -4.36. The number of halogens is 1. The lowest BCUT2D eigenvalue weighted by Crippen LogP contribution is -2.45. The number of piperidine rings is 1. The summed E-state index contributed by atoms with van der Waals surface area (Å²) in [7, 11) is -1.18. The largest absolute Gasteiger partial charge is 0.465 e. The van der Waals surface area contributed by atoms with Crippen molar-refractivity contribution in [2.75, 3.05) is 19.7 Å². The van der Waals surface area contributed by atoms with E-state index in [9.17, 15) is 14.3 Å². The number of aryl methyl sites for hydroxylation is 2. The predicted molar refractivity (Wildman–Crippen MR) is 172 cm³/mol. The van der Waals surface area contributed by atoms with E-state index in [1.54, 1.807) is 23.3 Å². The SMILES string of the molecule is Cc1c(Oc2ccc3nc(C)n(COCC[Si](C)(C)C)c3c2)ccc2ncc(-c3cnn([C@H]4CCN(C(=O)O)C[C@@H]4F)c3)nc12. The van der Waals surface area contributed by atoms with Crippen LogP contribution in [0.3, 0.4) is 0 Å². The summed E-state index contributed by atoms with van der Waals surface area (Å²) in [5.74, 6) is 2.22. The number of rotatable bonds is 9. The Balaban J connectivity index is 1.22. The van der Waals surface area contributed by atoms with Gasteiger partial charge >= 0.3 is 6.09 Å². The number of amides is 1. The molecule has 45 heavy (non-hydrogen) atoms. The first-order chi connectivity index (χ1) is 21.5. The number of carboxylic acid groups (broad SMARTS) is 1. The molecule has 0 radical (unpaired) electrons. The van der Waals surface area contributed by atoms with E-state index in [0.29, 0.717) is 41.4 Å². The van der Waals surface area contributed by atoms with Gasteiger partial charge in [0.25, 0.3) is 0 Å². The Kier molecular flexibility index (Phi) is 8.31. The lowest BCUT2D eigenvalue weighted by molar-refractivity contribution is 0.0754. The molecule has 3 aromatic heterocycles. The van der Waals surface area contributed by atoms with Gasteiger partial charge in [0.2, 0.25) is 0 Å². The summed E-state index contributed by atoms with van der Waals surface area (Å²) in [6.07, 6.45) is 2.94. The average Bonchev–Trinajstić information content (AvgIpc) is 3.60. The molecule has 0 aliphatic carbocycles. The van der Waals surface area contributed by atoms with Crippen molar-refractivity contribution >= 4 is 36.2 Å². The number of ether oxygens (including phenoxy) is 2. The second-order valence-corrected chi connectivity index (χ2v) is 18.4. The van der Waals surface area contributed by atoms with E-state index in [4.69, 9.17) is 19.4 Å². The van der Waals surface area contributed by atoms with E-state index < -0.39 is 26.4 Å². The lowest BCUT2D eigenvalue weighted by atomic mass is 10.0. The molecular weight excluding hydrogens is 593 g/mol. The van der Waals surface area contributed by atoms with Crippen molar-refractivity contribution in [1.29, 1.82) is 0 Å². The van der Waals surface area contributed by atoms with Gasteiger partial charge in [-0.1, -0.05) is 19.6 Å². The molecule has 1 saturated heterocycles. The minimum Gasteiger partial charge on any atom is -0.465 e. The van der Waals surface area contributed by atoms with Crippen LogP contribution in [0.2, 0.25) is 25.7 Å². The fourth-order valence-corrected chi connectivity index (χ4v) is 6.33. The summed E-state index contributed by atoms with van der Waals surface area (Å²) in [6.45, 7) is 12.2. The minimum atomic E-state index is -1.35. The molecule has 0 saturated carbocycles. The van der Waals surface area contributed by atoms with E-state index in [-0.39, 0.29) is 13.1 Å². The van der Waals surface area contributed by atoms with Crippen LogP contribution in [-0.4, -0.2) is 79.3 Å². The van der Waals surface area contributed by atoms with Crippen molar-refractivity contribution in [3.05, 3.63) is 60.3 Å². The van der Waals surface area contributed by atoms with E-state index in [1.807, 2.05) is 44.2 Å². The molecule has 1 aliphatic heterocycles. The molecule has 236 valence electrons. The smallest absolute Gasteiger partial charge is 0.407 e. The van der Waals surface area contributed by atoms with Gasteiger partial charge in [0, 0.05) is 44.6 Å².